The Kier molecular flexibility index (Phi) is 5.73. The molecule has 1 N–H and O–H groups in total. The van der Waals surface area contributed by atoms with E-state index < -0.39 is 0 Å². The normalized spacial score (nSPS) is 12.2. The van der Waals surface area contributed by atoms with Crippen molar-refractivity contribution in [3.05, 3.63) is 76.0 Å². The molecule has 134 valence electrons. The van der Waals surface area contributed by atoms with Gasteiger partial charge in [-0.3, -0.25) is 14.9 Å². The number of aromatic amines is 1. The van der Waals surface area contributed by atoms with Crippen molar-refractivity contribution < 1.29 is 9.72 Å². The summed E-state index contributed by atoms with van der Waals surface area (Å²) in [5.41, 5.74) is 3.00. The fourth-order valence-corrected chi connectivity index (χ4v) is 3.91. The lowest BCUT2D eigenvalue weighted by Crippen LogP contribution is -2.11. The van der Waals surface area contributed by atoms with Gasteiger partial charge in [0.25, 0.3) is 5.69 Å². The number of benzene rings is 2. The predicted molar refractivity (Wildman–Crippen MR) is 105 cm³/mol. The first-order valence-electron chi connectivity index (χ1n) is 8.50. The maximum atomic E-state index is 12.4. The number of carbonyl (C=O) groups excluding carboxylic acids is 1. The summed E-state index contributed by atoms with van der Waals surface area (Å²) in [5.74, 6) is 0.437. The quantitative estimate of drug-likeness (QED) is 0.482. The SMILES string of the molecule is C[C@@H](Cc1c[nH]c2ccccc12)C(=O)SCCc1ccccc1[N+](=O)[O-]. The lowest BCUT2D eigenvalue weighted by molar-refractivity contribution is -0.385. The Labute approximate surface area is 156 Å². The Morgan fingerprint density at radius 1 is 1.15 bits per heavy atom. The molecular formula is C20H20N2O3S. The van der Waals surface area contributed by atoms with Gasteiger partial charge in [0.1, 0.15) is 0 Å². The second-order valence-corrected chi connectivity index (χ2v) is 7.37. The number of rotatable bonds is 7. The van der Waals surface area contributed by atoms with Crippen LogP contribution in [0.4, 0.5) is 5.69 Å². The molecular weight excluding hydrogens is 348 g/mol. The van der Waals surface area contributed by atoms with E-state index in [0.29, 0.717) is 24.2 Å². The Bertz CT molecular complexity index is 935. The maximum absolute atomic E-state index is 12.4. The fraction of sp³-hybridized carbons (Fsp3) is 0.250. The van der Waals surface area contributed by atoms with Crippen molar-refractivity contribution in [1.29, 1.82) is 0 Å². The molecule has 0 bridgehead atoms. The van der Waals surface area contributed by atoms with Crippen LogP contribution in [0.5, 0.6) is 0 Å². The van der Waals surface area contributed by atoms with E-state index in [1.165, 1.54) is 17.8 Å². The van der Waals surface area contributed by atoms with Crippen molar-refractivity contribution in [2.24, 2.45) is 5.92 Å². The average Bonchev–Trinajstić information content (AvgIpc) is 3.05. The minimum absolute atomic E-state index is 0.107. The highest BCUT2D eigenvalue weighted by atomic mass is 32.2. The molecule has 1 atom stereocenters. The lowest BCUT2D eigenvalue weighted by atomic mass is 10.0. The summed E-state index contributed by atoms with van der Waals surface area (Å²) >= 11 is 1.26. The van der Waals surface area contributed by atoms with Crippen LogP contribution < -0.4 is 0 Å². The molecule has 0 aliphatic rings. The van der Waals surface area contributed by atoms with E-state index in [-0.39, 0.29) is 21.6 Å². The number of carbonyl (C=O) groups is 1. The summed E-state index contributed by atoms with van der Waals surface area (Å²) in [6, 6.07) is 14.7. The summed E-state index contributed by atoms with van der Waals surface area (Å²) in [6.07, 6.45) is 3.15. The molecule has 3 rings (SSSR count). The van der Waals surface area contributed by atoms with E-state index in [4.69, 9.17) is 0 Å². The molecule has 0 radical (unpaired) electrons. The smallest absolute Gasteiger partial charge is 0.272 e. The van der Waals surface area contributed by atoms with Crippen molar-refractivity contribution in [3.8, 4) is 0 Å². The molecule has 5 nitrogen and oxygen atoms in total. The maximum Gasteiger partial charge on any atom is 0.272 e. The first kappa shape index (κ1) is 18.2. The van der Waals surface area contributed by atoms with Crippen LogP contribution in [0.3, 0.4) is 0 Å². The largest absolute Gasteiger partial charge is 0.361 e. The summed E-state index contributed by atoms with van der Waals surface area (Å²) < 4.78 is 0. The molecule has 0 aliphatic heterocycles. The van der Waals surface area contributed by atoms with Crippen LogP contribution in [-0.4, -0.2) is 20.8 Å². The van der Waals surface area contributed by atoms with Gasteiger partial charge < -0.3 is 4.98 Å². The van der Waals surface area contributed by atoms with Crippen LogP contribution in [0.2, 0.25) is 0 Å². The highest BCUT2D eigenvalue weighted by Gasteiger charge is 2.17. The molecule has 3 aromatic rings. The van der Waals surface area contributed by atoms with Crippen LogP contribution in [-0.2, 0) is 17.6 Å². The molecule has 1 heterocycles. The Morgan fingerprint density at radius 3 is 2.69 bits per heavy atom. The second kappa shape index (κ2) is 8.19. The first-order chi connectivity index (χ1) is 12.6. The molecule has 0 amide bonds. The Hall–Kier alpha value is -2.60. The van der Waals surface area contributed by atoms with Crippen molar-refractivity contribution in [2.45, 2.75) is 19.8 Å². The third-order valence-electron chi connectivity index (χ3n) is 4.41. The number of nitro benzene ring substituents is 1. The van der Waals surface area contributed by atoms with Gasteiger partial charge >= 0.3 is 0 Å². The predicted octanol–water partition coefficient (Wildman–Crippen LogP) is 4.76. The number of nitrogens with one attached hydrogen (secondary N) is 1. The number of para-hydroxylation sites is 2. The van der Waals surface area contributed by atoms with E-state index in [9.17, 15) is 14.9 Å². The minimum Gasteiger partial charge on any atom is -0.361 e. The van der Waals surface area contributed by atoms with Crippen LogP contribution >= 0.6 is 11.8 Å². The molecule has 0 fully saturated rings. The number of fused-ring (bicyclic) bond motifs is 1. The van der Waals surface area contributed by atoms with Crippen LogP contribution in [0.15, 0.2) is 54.7 Å². The van der Waals surface area contributed by atoms with Gasteiger partial charge in [-0.2, -0.15) is 0 Å². The van der Waals surface area contributed by atoms with Gasteiger partial charge in [0, 0.05) is 40.4 Å². The third-order valence-corrected chi connectivity index (χ3v) is 5.50. The average molecular weight is 368 g/mol. The van der Waals surface area contributed by atoms with E-state index in [1.807, 2.05) is 31.3 Å². The van der Waals surface area contributed by atoms with Gasteiger partial charge in [0.05, 0.1) is 4.92 Å². The van der Waals surface area contributed by atoms with Gasteiger partial charge in [0.2, 0.25) is 0 Å². The first-order valence-corrected chi connectivity index (χ1v) is 9.48. The zero-order valence-electron chi connectivity index (χ0n) is 14.5. The van der Waals surface area contributed by atoms with E-state index in [2.05, 4.69) is 11.1 Å². The molecule has 0 spiro atoms. The summed E-state index contributed by atoms with van der Waals surface area (Å²) in [5, 5.41) is 12.3. The third kappa shape index (κ3) is 4.14. The zero-order chi connectivity index (χ0) is 18.5. The number of nitro groups is 1. The van der Waals surface area contributed by atoms with Gasteiger partial charge in [-0.1, -0.05) is 55.1 Å². The molecule has 1 aromatic heterocycles. The van der Waals surface area contributed by atoms with Crippen LogP contribution in [0.25, 0.3) is 10.9 Å². The van der Waals surface area contributed by atoms with E-state index in [0.717, 1.165) is 16.5 Å². The van der Waals surface area contributed by atoms with Crippen molar-refractivity contribution >= 4 is 33.5 Å². The molecule has 6 heteroatoms. The minimum atomic E-state index is -0.374. The van der Waals surface area contributed by atoms with Crippen molar-refractivity contribution in [1.82, 2.24) is 4.98 Å². The molecule has 2 aromatic carbocycles. The van der Waals surface area contributed by atoms with Gasteiger partial charge in [0.15, 0.2) is 5.12 Å². The molecule has 26 heavy (non-hydrogen) atoms. The monoisotopic (exact) mass is 368 g/mol. The fourth-order valence-electron chi connectivity index (χ4n) is 3.02. The second-order valence-electron chi connectivity index (χ2n) is 6.27. The Morgan fingerprint density at radius 2 is 1.88 bits per heavy atom. The summed E-state index contributed by atoms with van der Waals surface area (Å²) in [7, 11) is 0. The highest BCUT2D eigenvalue weighted by molar-refractivity contribution is 8.13. The van der Waals surface area contributed by atoms with Crippen molar-refractivity contribution in [3.63, 3.8) is 0 Å². The Balaban J connectivity index is 1.56. The van der Waals surface area contributed by atoms with Gasteiger partial charge in [-0.05, 0) is 24.5 Å². The number of nitrogens with zero attached hydrogens (tertiary/aromatic N) is 1. The van der Waals surface area contributed by atoms with E-state index >= 15 is 0 Å². The highest BCUT2D eigenvalue weighted by Crippen LogP contribution is 2.24. The van der Waals surface area contributed by atoms with E-state index in [1.54, 1.807) is 18.2 Å². The molecule has 0 saturated heterocycles. The standard InChI is InChI=1S/C20H20N2O3S/c1-14(12-16-13-21-18-8-4-3-7-17(16)18)20(23)26-11-10-15-6-2-5-9-19(15)22(24)25/h2-9,13-14,21H,10-12H2,1H3/t14-/m0/s1. The number of H-pyrrole nitrogens is 1. The summed E-state index contributed by atoms with van der Waals surface area (Å²) in [6.45, 7) is 1.93. The van der Waals surface area contributed by atoms with Crippen LogP contribution in [0, 0.1) is 16.0 Å². The number of aromatic nitrogens is 1. The number of thioether (sulfide) groups is 1. The number of aryl methyl sites for hydroxylation is 1. The van der Waals surface area contributed by atoms with Crippen LogP contribution in [0.1, 0.15) is 18.1 Å². The topological polar surface area (TPSA) is 76.0 Å². The van der Waals surface area contributed by atoms with Gasteiger partial charge in [-0.15, -0.1) is 0 Å². The zero-order valence-corrected chi connectivity index (χ0v) is 15.3. The molecule has 0 unspecified atom stereocenters. The lowest BCUT2D eigenvalue weighted by Gasteiger charge is -2.09. The number of hydrogen-bond acceptors (Lipinski definition) is 4. The molecule has 0 aliphatic carbocycles. The summed E-state index contributed by atoms with van der Waals surface area (Å²) in [4.78, 5) is 26.3. The number of hydrogen-bond donors (Lipinski definition) is 1. The van der Waals surface area contributed by atoms with Crippen molar-refractivity contribution in [2.75, 3.05) is 5.75 Å². The van der Waals surface area contributed by atoms with Gasteiger partial charge in [-0.25, -0.2) is 0 Å². The molecule has 0 saturated carbocycles.